The summed E-state index contributed by atoms with van der Waals surface area (Å²) < 4.78 is 5.38. The van der Waals surface area contributed by atoms with Crippen LogP contribution in [0.15, 0.2) is 0 Å². The lowest BCUT2D eigenvalue weighted by Gasteiger charge is -2.37. The van der Waals surface area contributed by atoms with Crippen LogP contribution in [-0.4, -0.2) is 35.7 Å². The second-order valence-corrected chi connectivity index (χ2v) is 6.33. The van der Waals surface area contributed by atoms with Crippen molar-refractivity contribution in [3.05, 3.63) is 0 Å². The van der Waals surface area contributed by atoms with Gasteiger partial charge in [0.05, 0.1) is 0 Å². The Bertz CT molecular complexity index is 292. The zero-order valence-corrected chi connectivity index (χ0v) is 10.5. The molecule has 1 amide bonds. The molecule has 1 spiro atoms. The zero-order chi connectivity index (χ0) is 12.0. The van der Waals surface area contributed by atoms with Gasteiger partial charge in [0.15, 0.2) is 0 Å². The molecule has 0 aromatic carbocycles. The predicted octanol–water partition coefficient (Wildman–Crippen LogP) is 1.73. The Morgan fingerprint density at radius 2 is 2.06 bits per heavy atom. The number of nitrogens with two attached hydrogens (primary N) is 1. The predicted molar refractivity (Wildman–Crippen MR) is 62.1 cm³/mol. The minimum Gasteiger partial charge on any atom is -0.444 e. The summed E-state index contributed by atoms with van der Waals surface area (Å²) in [7, 11) is 0. The van der Waals surface area contributed by atoms with Crippen molar-refractivity contribution in [1.29, 1.82) is 0 Å². The van der Waals surface area contributed by atoms with Gasteiger partial charge in [0.1, 0.15) is 5.60 Å². The van der Waals surface area contributed by atoms with Gasteiger partial charge in [0.25, 0.3) is 0 Å². The molecule has 0 aromatic rings. The summed E-state index contributed by atoms with van der Waals surface area (Å²) in [6.45, 7) is 7.14. The van der Waals surface area contributed by atoms with Crippen molar-refractivity contribution >= 4 is 6.09 Å². The van der Waals surface area contributed by atoms with Crippen LogP contribution in [0.4, 0.5) is 4.79 Å². The van der Waals surface area contributed by atoms with Crippen LogP contribution in [0.3, 0.4) is 0 Å². The third-order valence-electron chi connectivity index (χ3n) is 3.29. The fourth-order valence-electron chi connectivity index (χ4n) is 2.44. The molecule has 1 aliphatic carbocycles. The van der Waals surface area contributed by atoms with Gasteiger partial charge in [0.2, 0.25) is 0 Å². The minimum absolute atomic E-state index is 0.115. The molecule has 1 aliphatic heterocycles. The number of hydrogen-bond donors (Lipinski definition) is 1. The van der Waals surface area contributed by atoms with Crippen molar-refractivity contribution < 1.29 is 9.53 Å². The molecule has 4 nitrogen and oxygen atoms in total. The molecule has 0 aromatic heterocycles. The standard InChI is InChI=1S/C12H22N2O2/c1-11(2,3)16-10(15)14-7-9(13)6-12(8-14)4-5-12/h9H,4-8,13H2,1-3H3. The number of amides is 1. The van der Waals surface area contributed by atoms with E-state index in [1.807, 2.05) is 20.8 Å². The van der Waals surface area contributed by atoms with E-state index in [2.05, 4.69) is 0 Å². The largest absolute Gasteiger partial charge is 0.444 e. The number of ether oxygens (including phenoxy) is 1. The number of likely N-dealkylation sites (tertiary alicyclic amines) is 1. The first kappa shape index (κ1) is 11.7. The van der Waals surface area contributed by atoms with Gasteiger partial charge >= 0.3 is 6.09 Å². The van der Waals surface area contributed by atoms with Gasteiger partial charge in [-0.3, -0.25) is 0 Å². The molecular weight excluding hydrogens is 204 g/mol. The third kappa shape index (κ3) is 2.67. The van der Waals surface area contributed by atoms with E-state index < -0.39 is 5.60 Å². The SMILES string of the molecule is CC(C)(C)OC(=O)N1CC(N)CC2(CC2)C1. The highest BCUT2D eigenvalue weighted by atomic mass is 16.6. The van der Waals surface area contributed by atoms with Gasteiger partial charge in [-0.25, -0.2) is 4.79 Å². The van der Waals surface area contributed by atoms with Gasteiger partial charge in [-0.2, -0.15) is 0 Å². The summed E-state index contributed by atoms with van der Waals surface area (Å²) in [5.74, 6) is 0. The lowest BCUT2D eigenvalue weighted by Crippen LogP contribution is -2.51. The summed E-state index contributed by atoms with van der Waals surface area (Å²) in [6, 6.07) is 0.115. The zero-order valence-electron chi connectivity index (χ0n) is 10.5. The van der Waals surface area contributed by atoms with Crippen LogP contribution in [0.5, 0.6) is 0 Å². The van der Waals surface area contributed by atoms with E-state index in [9.17, 15) is 4.79 Å². The highest BCUT2D eigenvalue weighted by molar-refractivity contribution is 5.68. The molecule has 2 rings (SSSR count). The fourth-order valence-corrected chi connectivity index (χ4v) is 2.44. The lowest BCUT2D eigenvalue weighted by atomic mass is 9.92. The van der Waals surface area contributed by atoms with E-state index in [1.54, 1.807) is 4.90 Å². The van der Waals surface area contributed by atoms with Crippen LogP contribution in [0.2, 0.25) is 0 Å². The van der Waals surface area contributed by atoms with Crippen molar-refractivity contribution in [1.82, 2.24) is 4.90 Å². The Morgan fingerprint density at radius 3 is 2.56 bits per heavy atom. The summed E-state index contributed by atoms with van der Waals surface area (Å²) in [5.41, 5.74) is 5.90. The van der Waals surface area contributed by atoms with E-state index in [4.69, 9.17) is 10.5 Å². The van der Waals surface area contributed by atoms with Crippen molar-refractivity contribution in [3.8, 4) is 0 Å². The minimum atomic E-state index is -0.421. The van der Waals surface area contributed by atoms with Crippen molar-refractivity contribution in [2.24, 2.45) is 11.1 Å². The first-order chi connectivity index (χ1) is 7.30. The third-order valence-corrected chi connectivity index (χ3v) is 3.29. The maximum Gasteiger partial charge on any atom is 0.410 e. The number of rotatable bonds is 0. The quantitative estimate of drug-likeness (QED) is 0.684. The van der Waals surface area contributed by atoms with Crippen molar-refractivity contribution in [3.63, 3.8) is 0 Å². The fraction of sp³-hybridized carbons (Fsp3) is 0.917. The summed E-state index contributed by atoms with van der Waals surface area (Å²) in [4.78, 5) is 13.7. The Hall–Kier alpha value is -0.770. The Labute approximate surface area is 97.1 Å². The van der Waals surface area contributed by atoms with Crippen molar-refractivity contribution in [2.45, 2.75) is 51.7 Å². The number of carbonyl (C=O) groups is 1. The average molecular weight is 226 g/mol. The van der Waals surface area contributed by atoms with Crippen LogP contribution in [0.25, 0.3) is 0 Å². The molecule has 1 saturated heterocycles. The van der Waals surface area contributed by atoms with Gasteiger partial charge in [-0.05, 0) is 45.4 Å². The summed E-state index contributed by atoms with van der Waals surface area (Å²) >= 11 is 0. The number of piperidine rings is 1. The number of nitrogens with zero attached hydrogens (tertiary/aromatic N) is 1. The molecule has 0 radical (unpaired) electrons. The normalized spacial score (nSPS) is 28.0. The first-order valence-corrected chi connectivity index (χ1v) is 6.03. The number of carbonyl (C=O) groups excluding carboxylic acids is 1. The van der Waals surface area contributed by atoms with E-state index in [1.165, 1.54) is 12.8 Å². The molecule has 1 atom stereocenters. The molecule has 1 heterocycles. The molecule has 2 N–H and O–H groups in total. The second-order valence-electron chi connectivity index (χ2n) is 6.33. The molecule has 16 heavy (non-hydrogen) atoms. The second kappa shape index (κ2) is 3.62. The van der Waals surface area contributed by atoms with Crippen LogP contribution in [0, 0.1) is 5.41 Å². The molecule has 0 bridgehead atoms. The average Bonchev–Trinajstić information content (AvgIpc) is 2.80. The Morgan fingerprint density at radius 1 is 1.44 bits per heavy atom. The molecule has 92 valence electrons. The maximum atomic E-state index is 11.9. The maximum absolute atomic E-state index is 11.9. The van der Waals surface area contributed by atoms with Gasteiger partial charge < -0.3 is 15.4 Å². The van der Waals surface area contributed by atoms with Crippen LogP contribution in [0.1, 0.15) is 40.0 Å². The van der Waals surface area contributed by atoms with E-state index in [0.29, 0.717) is 12.0 Å². The lowest BCUT2D eigenvalue weighted by molar-refractivity contribution is 0.0124. The number of hydrogen-bond acceptors (Lipinski definition) is 3. The van der Waals surface area contributed by atoms with Crippen molar-refractivity contribution in [2.75, 3.05) is 13.1 Å². The van der Waals surface area contributed by atoms with E-state index in [-0.39, 0.29) is 12.1 Å². The van der Waals surface area contributed by atoms with E-state index in [0.717, 1.165) is 13.0 Å². The van der Waals surface area contributed by atoms with Crippen LogP contribution in [-0.2, 0) is 4.74 Å². The highest BCUT2D eigenvalue weighted by Gasteiger charge is 2.49. The van der Waals surface area contributed by atoms with Gasteiger partial charge in [-0.1, -0.05) is 0 Å². The molecule has 2 fully saturated rings. The van der Waals surface area contributed by atoms with Crippen LogP contribution >= 0.6 is 0 Å². The van der Waals surface area contributed by atoms with Crippen LogP contribution < -0.4 is 5.73 Å². The monoisotopic (exact) mass is 226 g/mol. The molecular formula is C12H22N2O2. The summed E-state index contributed by atoms with van der Waals surface area (Å²) in [6.07, 6.45) is 3.26. The highest BCUT2D eigenvalue weighted by Crippen LogP contribution is 2.51. The van der Waals surface area contributed by atoms with E-state index >= 15 is 0 Å². The molecule has 1 saturated carbocycles. The van der Waals surface area contributed by atoms with Gasteiger partial charge in [0, 0.05) is 19.1 Å². The topological polar surface area (TPSA) is 55.6 Å². The van der Waals surface area contributed by atoms with Gasteiger partial charge in [-0.15, -0.1) is 0 Å². The Kier molecular flexibility index (Phi) is 2.65. The molecule has 4 heteroatoms. The molecule has 2 aliphatic rings. The Balaban J connectivity index is 1.96. The molecule has 1 unspecified atom stereocenters. The summed E-state index contributed by atoms with van der Waals surface area (Å²) in [5, 5.41) is 0. The smallest absolute Gasteiger partial charge is 0.410 e. The first-order valence-electron chi connectivity index (χ1n) is 6.03.